The van der Waals surface area contributed by atoms with E-state index in [1.807, 2.05) is 6.07 Å². The van der Waals surface area contributed by atoms with Gasteiger partial charge in [-0.3, -0.25) is 4.98 Å². The molecule has 0 aliphatic rings. The molecule has 3 nitrogen and oxygen atoms in total. The van der Waals surface area contributed by atoms with E-state index in [1.54, 1.807) is 19.3 Å². The summed E-state index contributed by atoms with van der Waals surface area (Å²) in [4.78, 5) is 3.91. The fraction of sp³-hybridized carbons (Fsp3) is 0.143. The fourth-order valence-corrected chi connectivity index (χ4v) is 1.03. The van der Waals surface area contributed by atoms with Crippen molar-refractivity contribution in [2.45, 2.75) is 6.92 Å². The van der Waals surface area contributed by atoms with E-state index in [0.29, 0.717) is 5.71 Å². The van der Waals surface area contributed by atoms with Crippen molar-refractivity contribution >= 4 is 21.6 Å². The highest BCUT2D eigenvalue weighted by molar-refractivity contribution is 9.10. The van der Waals surface area contributed by atoms with Gasteiger partial charge in [-0.2, -0.15) is 0 Å². The largest absolute Gasteiger partial charge is 0.411 e. The Morgan fingerprint density at radius 2 is 2.36 bits per heavy atom. The predicted octanol–water partition coefficient (Wildman–Crippen LogP) is 2.04. The van der Waals surface area contributed by atoms with E-state index in [2.05, 4.69) is 26.1 Å². The topological polar surface area (TPSA) is 45.5 Å². The number of rotatable bonds is 1. The number of pyridine rings is 1. The van der Waals surface area contributed by atoms with Gasteiger partial charge in [-0.15, -0.1) is 0 Å². The van der Waals surface area contributed by atoms with E-state index in [-0.39, 0.29) is 0 Å². The summed E-state index contributed by atoms with van der Waals surface area (Å²) in [6.07, 6.45) is 3.31. The van der Waals surface area contributed by atoms with Crippen LogP contribution in [0.5, 0.6) is 0 Å². The van der Waals surface area contributed by atoms with E-state index in [1.165, 1.54) is 0 Å². The second-order valence-electron chi connectivity index (χ2n) is 2.08. The first-order chi connectivity index (χ1) is 5.24. The summed E-state index contributed by atoms with van der Waals surface area (Å²) in [5.41, 5.74) is 1.36. The van der Waals surface area contributed by atoms with Gasteiger partial charge in [0.25, 0.3) is 0 Å². The molecule has 0 amide bonds. The summed E-state index contributed by atoms with van der Waals surface area (Å²) in [5, 5.41) is 11.5. The van der Waals surface area contributed by atoms with E-state index in [4.69, 9.17) is 5.21 Å². The van der Waals surface area contributed by atoms with Crippen molar-refractivity contribution in [1.29, 1.82) is 0 Å². The Bertz CT molecular complexity index is 286. The average molecular weight is 215 g/mol. The van der Waals surface area contributed by atoms with Gasteiger partial charge in [-0.05, 0) is 28.9 Å². The second-order valence-corrected chi connectivity index (χ2v) is 2.99. The number of oxime groups is 1. The number of halogens is 1. The number of hydrogen-bond acceptors (Lipinski definition) is 3. The normalized spacial score (nSPS) is 11.6. The molecule has 0 aromatic carbocycles. The van der Waals surface area contributed by atoms with Crippen molar-refractivity contribution in [3.8, 4) is 0 Å². The molecule has 4 heteroatoms. The lowest BCUT2D eigenvalue weighted by molar-refractivity contribution is 0.319. The monoisotopic (exact) mass is 214 g/mol. The third kappa shape index (κ3) is 2.01. The summed E-state index contributed by atoms with van der Waals surface area (Å²) in [5.74, 6) is 0. The van der Waals surface area contributed by atoms with Gasteiger partial charge in [0.1, 0.15) is 0 Å². The molecule has 1 heterocycles. The van der Waals surface area contributed by atoms with Crippen LogP contribution in [0.1, 0.15) is 12.5 Å². The summed E-state index contributed by atoms with van der Waals surface area (Å²) in [6, 6.07) is 1.84. The van der Waals surface area contributed by atoms with Crippen LogP contribution >= 0.6 is 15.9 Å². The third-order valence-electron chi connectivity index (χ3n) is 1.27. The average Bonchev–Trinajstić information content (AvgIpc) is 2.03. The molecule has 0 radical (unpaired) electrons. The molecule has 58 valence electrons. The Morgan fingerprint density at radius 3 is 2.91 bits per heavy atom. The third-order valence-corrected chi connectivity index (χ3v) is 1.71. The molecule has 0 aliphatic heterocycles. The summed E-state index contributed by atoms with van der Waals surface area (Å²) in [7, 11) is 0. The lowest BCUT2D eigenvalue weighted by Crippen LogP contribution is -1.94. The Morgan fingerprint density at radius 1 is 1.64 bits per heavy atom. The van der Waals surface area contributed by atoms with E-state index >= 15 is 0 Å². The maximum Gasteiger partial charge on any atom is 0.0852 e. The molecule has 0 fully saturated rings. The van der Waals surface area contributed by atoms with Crippen molar-refractivity contribution in [1.82, 2.24) is 4.98 Å². The van der Waals surface area contributed by atoms with Crippen LogP contribution in [-0.2, 0) is 0 Å². The SMILES string of the molecule is C/C(=N\O)c1cncc(Br)c1. The van der Waals surface area contributed by atoms with Gasteiger partial charge in [-0.1, -0.05) is 5.16 Å². The summed E-state index contributed by atoms with van der Waals surface area (Å²) in [6.45, 7) is 1.71. The number of aromatic nitrogens is 1. The molecule has 0 saturated carbocycles. The molecule has 1 aromatic heterocycles. The lowest BCUT2D eigenvalue weighted by atomic mass is 10.2. The van der Waals surface area contributed by atoms with Crippen LogP contribution in [0, 0.1) is 0 Å². The van der Waals surface area contributed by atoms with E-state index < -0.39 is 0 Å². The molecule has 0 saturated heterocycles. The molecular formula is C7H7BrN2O. The van der Waals surface area contributed by atoms with Crippen LogP contribution < -0.4 is 0 Å². The van der Waals surface area contributed by atoms with Gasteiger partial charge < -0.3 is 5.21 Å². The highest BCUT2D eigenvalue weighted by Crippen LogP contribution is 2.09. The Balaban J connectivity index is 3.06. The smallest absolute Gasteiger partial charge is 0.0852 e. The van der Waals surface area contributed by atoms with Gasteiger partial charge in [0.2, 0.25) is 0 Å². The van der Waals surface area contributed by atoms with Crippen LogP contribution in [0.4, 0.5) is 0 Å². The fourth-order valence-electron chi connectivity index (χ4n) is 0.667. The molecule has 1 N–H and O–H groups in total. The van der Waals surface area contributed by atoms with Crippen molar-refractivity contribution in [2.24, 2.45) is 5.16 Å². The number of hydrogen-bond donors (Lipinski definition) is 1. The first-order valence-corrected chi connectivity index (χ1v) is 3.83. The molecule has 0 bridgehead atoms. The van der Waals surface area contributed by atoms with Crippen molar-refractivity contribution < 1.29 is 5.21 Å². The second kappa shape index (κ2) is 3.48. The van der Waals surface area contributed by atoms with Gasteiger partial charge in [0, 0.05) is 22.4 Å². The van der Waals surface area contributed by atoms with Crippen LogP contribution in [0.15, 0.2) is 28.1 Å². The molecule has 1 aromatic rings. The molecule has 0 spiro atoms. The minimum absolute atomic E-state index is 0.554. The van der Waals surface area contributed by atoms with Crippen LogP contribution in [0.2, 0.25) is 0 Å². The van der Waals surface area contributed by atoms with E-state index in [0.717, 1.165) is 10.0 Å². The lowest BCUT2D eigenvalue weighted by Gasteiger charge is -1.96. The maximum absolute atomic E-state index is 8.42. The Hall–Kier alpha value is -0.900. The van der Waals surface area contributed by atoms with Crippen LogP contribution in [0.25, 0.3) is 0 Å². The van der Waals surface area contributed by atoms with Crippen LogP contribution in [0.3, 0.4) is 0 Å². The molecule has 11 heavy (non-hydrogen) atoms. The molecular weight excluding hydrogens is 208 g/mol. The highest BCUT2D eigenvalue weighted by atomic mass is 79.9. The Labute approximate surface area is 72.9 Å². The van der Waals surface area contributed by atoms with Crippen LogP contribution in [-0.4, -0.2) is 15.9 Å². The minimum Gasteiger partial charge on any atom is -0.411 e. The van der Waals surface area contributed by atoms with Crippen molar-refractivity contribution in [3.05, 3.63) is 28.5 Å². The quantitative estimate of drug-likeness (QED) is 0.442. The Kier molecular flexibility index (Phi) is 2.59. The first kappa shape index (κ1) is 8.20. The molecule has 0 unspecified atom stereocenters. The van der Waals surface area contributed by atoms with E-state index in [9.17, 15) is 0 Å². The van der Waals surface area contributed by atoms with Gasteiger partial charge in [0.15, 0.2) is 0 Å². The number of nitrogens with zero attached hydrogens (tertiary/aromatic N) is 2. The summed E-state index contributed by atoms with van der Waals surface area (Å²) < 4.78 is 0.873. The zero-order valence-corrected chi connectivity index (χ0v) is 7.54. The predicted molar refractivity (Wildman–Crippen MR) is 45.9 cm³/mol. The van der Waals surface area contributed by atoms with Crippen molar-refractivity contribution in [2.75, 3.05) is 0 Å². The zero-order valence-electron chi connectivity index (χ0n) is 5.95. The standard InChI is InChI=1S/C7H7BrN2O/c1-5(10-11)6-2-7(8)4-9-3-6/h2-4,11H,1H3/b10-5+. The minimum atomic E-state index is 0.554. The first-order valence-electron chi connectivity index (χ1n) is 3.03. The molecule has 0 atom stereocenters. The van der Waals surface area contributed by atoms with Gasteiger partial charge >= 0.3 is 0 Å². The molecule has 0 aliphatic carbocycles. The van der Waals surface area contributed by atoms with Gasteiger partial charge in [-0.25, -0.2) is 0 Å². The highest BCUT2D eigenvalue weighted by Gasteiger charge is 1.97. The van der Waals surface area contributed by atoms with Gasteiger partial charge in [0.05, 0.1) is 5.71 Å². The summed E-state index contributed by atoms with van der Waals surface area (Å²) >= 11 is 3.26. The zero-order chi connectivity index (χ0) is 8.27. The van der Waals surface area contributed by atoms with Crippen molar-refractivity contribution in [3.63, 3.8) is 0 Å². The maximum atomic E-state index is 8.42. The molecule has 1 rings (SSSR count).